The van der Waals surface area contributed by atoms with Gasteiger partial charge < -0.3 is 4.42 Å². The molecule has 3 rings (SSSR count). The average molecular weight is 291 g/mol. The third-order valence-electron chi connectivity index (χ3n) is 3.98. The van der Waals surface area contributed by atoms with Crippen molar-refractivity contribution in [3.8, 4) is 0 Å². The summed E-state index contributed by atoms with van der Waals surface area (Å²) in [7, 11) is 0. The zero-order chi connectivity index (χ0) is 15.7. The van der Waals surface area contributed by atoms with Crippen LogP contribution in [0.3, 0.4) is 0 Å². The molecule has 0 saturated carbocycles. The molecule has 1 heterocycles. The van der Waals surface area contributed by atoms with Gasteiger partial charge in [-0.2, -0.15) is 0 Å². The van der Waals surface area contributed by atoms with Crippen LogP contribution >= 0.6 is 0 Å². The number of benzene rings is 2. The summed E-state index contributed by atoms with van der Waals surface area (Å²) in [4.78, 5) is 4.59. The molecule has 0 saturated heterocycles. The Bertz CT molecular complexity index is 881. The largest absolute Gasteiger partial charge is 0.453 e. The van der Waals surface area contributed by atoms with Crippen LogP contribution in [-0.4, -0.2) is 6.21 Å². The van der Waals surface area contributed by atoms with Crippen LogP contribution in [0.15, 0.2) is 51.9 Å². The summed E-state index contributed by atoms with van der Waals surface area (Å²) in [6.45, 7) is 8.44. The van der Waals surface area contributed by atoms with Crippen molar-refractivity contribution in [1.29, 1.82) is 0 Å². The van der Waals surface area contributed by atoms with E-state index in [4.69, 9.17) is 4.42 Å². The predicted octanol–water partition coefficient (Wildman–Crippen LogP) is 6.30. The molecule has 0 unspecified atom stereocenters. The number of hydrogen-bond donors (Lipinski definition) is 0. The standard InChI is InChI=1S/C20H21NO/c1-5-6-12-21-18-14(4)10-11-17-16-9-7-8-15(13(2)3)19(16)22-20(17)18/h5-13H,1-4H3/b6-5-,21-12?. The highest BCUT2D eigenvalue weighted by molar-refractivity contribution is 6.10. The van der Waals surface area contributed by atoms with E-state index in [1.165, 1.54) is 10.9 Å². The van der Waals surface area contributed by atoms with Crippen LogP contribution in [0.25, 0.3) is 21.9 Å². The number of furan rings is 1. The van der Waals surface area contributed by atoms with E-state index < -0.39 is 0 Å². The number of fused-ring (bicyclic) bond motifs is 3. The lowest BCUT2D eigenvalue weighted by Gasteiger charge is -2.04. The van der Waals surface area contributed by atoms with Crippen LogP contribution in [0.4, 0.5) is 5.69 Å². The molecule has 0 aliphatic heterocycles. The molecule has 0 spiro atoms. The fraction of sp³-hybridized carbons (Fsp3) is 0.250. The fourth-order valence-corrected chi connectivity index (χ4v) is 2.79. The van der Waals surface area contributed by atoms with Crippen molar-refractivity contribution in [2.24, 2.45) is 4.99 Å². The molecule has 0 aliphatic carbocycles. The van der Waals surface area contributed by atoms with E-state index in [-0.39, 0.29) is 0 Å². The Morgan fingerprint density at radius 2 is 1.82 bits per heavy atom. The van der Waals surface area contributed by atoms with E-state index in [2.05, 4.69) is 56.1 Å². The van der Waals surface area contributed by atoms with E-state index >= 15 is 0 Å². The number of para-hydroxylation sites is 1. The second kappa shape index (κ2) is 5.80. The molecule has 0 bridgehead atoms. The zero-order valence-corrected chi connectivity index (χ0v) is 13.6. The number of aliphatic imine (C=N–C) groups is 1. The van der Waals surface area contributed by atoms with E-state index in [1.54, 1.807) is 0 Å². The van der Waals surface area contributed by atoms with Crippen LogP contribution in [0.2, 0.25) is 0 Å². The summed E-state index contributed by atoms with van der Waals surface area (Å²) in [5, 5.41) is 2.31. The maximum absolute atomic E-state index is 6.25. The van der Waals surface area contributed by atoms with E-state index in [0.717, 1.165) is 27.8 Å². The molecule has 3 aromatic rings. The lowest BCUT2D eigenvalue weighted by molar-refractivity contribution is 0.657. The van der Waals surface area contributed by atoms with Crippen LogP contribution in [0.5, 0.6) is 0 Å². The van der Waals surface area contributed by atoms with Gasteiger partial charge in [0.1, 0.15) is 11.3 Å². The Morgan fingerprint density at radius 3 is 2.55 bits per heavy atom. The second-order valence-corrected chi connectivity index (χ2v) is 5.89. The van der Waals surface area contributed by atoms with Gasteiger partial charge in [0.25, 0.3) is 0 Å². The van der Waals surface area contributed by atoms with Gasteiger partial charge in [0.05, 0.1) is 0 Å². The first-order valence-corrected chi connectivity index (χ1v) is 7.73. The summed E-state index contributed by atoms with van der Waals surface area (Å²) in [5.74, 6) is 0.431. The van der Waals surface area contributed by atoms with E-state index in [1.807, 2.05) is 25.3 Å². The Kier molecular flexibility index (Phi) is 3.84. The van der Waals surface area contributed by atoms with Crippen LogP contribution < -0.4 is 0 Å². The van der Waals surface area contributed by atoms with Crippen LogP contribution in [-0.2, 0) is 0 Å². The van der Waals surface area contributed by atoms with Gasteiger partial charge in [-0.3, -0.25) is 4.99 Å². The predicted molar refractivity (Wildman–Crippen MR) is 95.5 cm³/mol. The maximum atomic E-state index is 6.25. The molecular weight excluding hydrogens is 270 g/mol. The van der Waals surface area contributed by atoms with Gasteiger partial charge >= 0.3 is 0 Å². The zero-order valence-electron chi connectivity index (χ0n) is 13.6. The lowest BCUT2D eigenvalue weighted by Crippen LogP contribution is -1.86. The molecule has 0 fully saturated rings. The Balaban J connectivity index is 2.35. The SMILES string of the molecule is C/C=C\C=Nc1c(C)ccc2c1oc1c(C(C)C)cccc12. The van der Waals surface area contributed by atoms with E-state index in [9.17, 15) is 0 Å². The van der Waals surface area contributed by atoms with Gasteiger partial charge in [-0.05, 0) is 37.0 Å². The maximum Gasteiger partial charge on any atom is 0.161 e. The second-order valence-electron chi connectivity index (χ2n) is 5.89. The molecular formula is C20H21NO. The average Bonchev–Trinajstić information content (AvgIpc) is 2.88. The Morgan fingerprint density at radius 1 is 1.05 bits per heavy atom. The van der Waals surface area contributed by atoms with Crippen molar-refractivity contribution in [2.45, 2.75) is 33.6 Å². The van der Waals surface area contributed by atoms with Gasteiger partial charge in [-0.25, -0.2) is 0 Å². The number of allylic oxidation sites excluding steroid dienone is 2. The monoisotopic (exact) mass is 291 g/mol. The van der Waals surface area contributed by atoms with Crippen molar-refractivity contribution in [2.75, 3.05) is 0 Å². The van der Waals surface area contributed by atoms with Crippen molar-refractivity contribution in [1.82, 2.24) is 0 Å². The quantitative estimate of drug-likeness (QED) is 0.520. The van der Waals surface area contributed by atoms with Gasteiger partial charge in [0.2, 0.25) is 0 Å². The number of rotatable bonds is 3. The van der Waals surface area contributed by atoms with Crippen LogP contribution in [0.1, 0.15) is 37.8 Å². The minimum Gasteiger partial charge on any atom is -0.453 e. The summed E-state index contributed by atoms with van der Waals surface area (Å²) in [6, 6.07) is 10.6. The Hall–Kier alpha value is -2.35. The molecule has 0 radical (unpaired) electrons. The van der Waals surface area contributed by atoms with Gasteiger partial charge in [0.15, 0.2) is 5.58 Å². The third kappa shape index (κ3) is 2.35. The molecule has 2 heteroatoms. The third-order valence-corrected chi connectivity index (χ3v) is 3.98. The molecule has 112 valence electrons. The summed E-state index contributed by atoms with van der Waals surface area (Å²) < 4.78 is 6.25. The molecule has 0 aliphatic rings. The van der Waals surface area contributed by atoms with Crippen molar-refractivity contribution in [3.63, 3.8) is 0 Å². The molecule has 2 nitrogen and oxygen atoms in total. The molecule has 1 aromatic heterocycles. The highest BCUT2D eigenvalue weighted by Crippen LogP contribution is 2.39. The van der Waals surface area contributed by atoms with Gasteiger partial charge in [-0.15, -0.1) is 0 Å². The topological polar surface area (TPSA) is 25.5 Å². The van der Waals surface area contributed by atoms with E-state index in [0.29, 0.717) is 5.92 Å². The van der Waals surface area contributed by atoms with Crippen molar-refractivity contribution in [3.05, 3.63) is 53.6 Å². The molecule has 0 N–H and O–H groups in total. The summed E-state index contributed by atoms with van der Waals surface area (Å²) in [5.41, 5.74) is 5.15. The highest BCUT2D eigenvalue weighted by Gasteiger charge is 2.15. The van der Waals surface area contributed by atoms with Gasteiger partial charge in [-0.1, -0.05) is 50.3 Å². The summed E-state index contributed by atoms with van der Waals surface area (Å²) in [6.07, 6.45) is 5.72. The first-order chi connectivity index (χ1) is 10.6. The number of aryl methyl sites for hydroxylation is 1. The van der Waals surface area contributed by atoms with Crippen molar-refractivity contribution >= 4 is 33.8 Å². The van der Waals surface area contributed by atoms with Crippen molar-refractivity contribution < 1.29 is 4.42 Å². The normalized spacial score (nSPS) is 12.6. The summed E-state index contributed by atoms with van der Waals surface area (Å²) >= 11 is 0. The molecule has 22 heavy (non-hydrogen) atoms. The first kappa shape index (κ1) is 14.6. The first-order valence-electron chi connectivity index (χ1n) is 7.73. The highest BCUT2D eigenvalue weighted by atomic mass is 16.3. The molecule has 2 aromatic carbocycles. The smallest absolute Gasteiger partial charge is 0.161 e. The fourth-order valence-electron chi connectivity index (χ4n) is 2.79. The Labute approximate surface area is 131 Å². The van der Waals surface area contributed by atoms with Crippen LogP contribution in [0, 0.1) is 6.92 Å². The lowest BCUT2D eigenvalue weighted by atomic mass is 10.00. The van der Waals surface area contributed by atoms with Gasteiger partial charge in [0, 0.05) is 17.0 Å². The minimum absolute atomic E-state index is 0.431. The molecule has 0 amide bonds. The molecule has 0 atom stereocenters. The number of hydrogen-bond acceptors (Lipinski definition) is 2. The number of nitrogens with zero attached hydrogens (tertiary/aromatic N) is 1. The minimum atomic E-state index is 0.431.